The Labute approximate surface area is 151 Å². The normalized spacial score (nSPS) is 18.9. The van der Waals surface area contributed by atoms with Crippen LogP contribution in [-0.2, 0) is 9.84 Å². The number of nitrogens with zero attached hydrogens (tertiary/aromatic N) is 3. The van der Waals surface area contributed by atoms with Gasteiger partial charge in [-0.2, -0.15) is 4.98 Å². The average molecular weight is 385 g/mol. The number of anilines is 3. The molecule has 1 saturated heterocycles. The topological polar surface area (TPSA) is 75.2 Å². The summed E-state index contributed by atoms with van der Waals surface area (Å²) in [6.07, 6.45) is 2.19. The zero-order chi connectivity index (χ0) is 18.0. The smallest absolute Gasteiger partial charge is 0.229 e. The summed E-state index contributed by atoms with van der Waals surface area (Å²) in [5.41, 5.74) is 0.565. The number of hydrogen-bond acceptors (Lipinski definition) is 6. The molecule has 2 heterocycles. The number of rotatable bonds is 5. The number of hydrogen-bond donors (Lipinski definition) is 1. The summed E-state index contributed by atoms with van der Waals surface area (Å²) in [7, 11) is -2.98. The van der Waals surface area contributed by atoms with Gasteiger partial charge in [0, 0.05) is 24.5 Å². The minimum absolute atomic E-state index is 0.00695. The van der Waals surface area contributed by atoms with E-state index in [1.54, 1.807) is 18.3 Å². The van der Waals surface area contributed by atoms with Gasteiger partial charge in [-0.1, -0.05) is 11.6 Å². The van der Waals surface area contributed by atoms with Gasteiger partial charge in [-0.3, -0.25) is 0 Å². The van der Waals surface area contributed by atoms with Crippen LogP contribution in [0.25, 0.3) is 0 Å². The van der Waals surface area contributed by atoms with E-state index in [0.29, 0.717) is 30.4 Å². The number of halogens is 2. The maximum Gasteiger partial charge on any atom is 0.229 e. The molecule has 6 nitrogen and oxygen atoms in total. The minimum Gasteiger partial charge on any atom is -0.353 e. The molecule has 1 fully saturated rings. The first-order valence-corrected chi connectivity index (χ1v) is 10.1. The van der Waals surface area contributed by atoms with Gasteiger partial charge in [0.05, 0.1) is 16.5 Å². The maximum absolute atomic E-state index is 13.2. The lowest BCUT2D eigenvalue weighted by molar-refractivity contribution is 0.599. The van der Waals surface area contributed by atoms with Gasteiger partial charge in [-0.05, 0) is 37.6 Å². The zero-order valence-corrected chi connectivity index (χ0v) is 15.2. The SMILES string of the molecule is CCN(c1ccnc(Nc2ccc(F)c(Cl)c2)n1)C1CCS(=O)(=O)C1. The molecule has 0 spiro atoms. The van der Waals surface area contributed by atoms with Gasteiger partial charge in [-0.25, -0.2) is 17.8 Å². The Balaban J connectivity index is 1.81. The molecule has 1 atom stereocenters. The number of nitrogens with one attached hydrogen (secondary N) is 1. The van der Waals surface area contributed by atoms with E-state index in [9.17, 15) is 12.8 Å². The van der Waals surface area contributed by atoms with Crippen LogP contribution in [0.4, 0.5) is 21.8 Å². The van der Waals surface area contributed by atoms with Gasteiger partial charge in [0.15, 0.2) is 9.84 Å². The molecule has 1 unspecified atom stereocenters. The van der Waals surface area contributed by atoms with E-state index in [4.69, 9.17) is 11.6 Å². The van der Waals surface area contributed by atoms with Crippen LogP contribution in [0.1, 0.15) is 13.3 Å². The lowest BCUT2D eigenvalue weighted by Gasteiger charge is -2.28. The Bertz CT molecular complexity index is 878. The molecule has 1 N–H and O–H groups in total. The van der Waals surface area contributed by atoms with Crippen LogP contribution in [0.2, 0.25) is 5.02 Å². The maximum atomic E-state index is 13.2. The minimum atomic E-state index is -2.98. The van der Waals surface area contributed by atoms with Gasteiger partial charge in [-0.15, -0.1) is 0 Å². The molecule has 0 bridgehead atoms. The molecule has 3 rings (SSSR count). The third kappa shape index (κ3) is 4.19. The second-order valence-electron chi connectivity index (χ2n) is 5.84. The lowest BCUT2D eigenvalue weighted by Crippen LogP contribution is -2.36. The molecule has 25 heavy (non-hydrogen) atoms. The van der Waals surface area contributed by atoms with Crippen molar-refractivity contribution in [3.8, 4) is 0 Å². The molecule has 2 aromatic rings. The molecule has 1 aromatic carbocycles. The molecule has 0 saturated carbocycles. The Morgan fingerprint density at radius 3 is 2.84 bits per heavy atom. The molecule has 134 valence electrons. The predicted octanol–water partition coefficient (Wildman–Crippen LogP) is 3.03. The molecule has 0 radical (unpaired) electrons. The second kappa shape index (κ2) is 7.13. The van der Waals surface area contributed by atoms with Crippen LogP contribution in [-0.4, -0.2) is 42.5 Å². The average Bonchev–Trinajstić information content (AvgIpc) is 2.92. The molecular formula is C16H18ClFN4O2S. The molecular weight excluding hydrogens is 367 g/mol. The third-order valence-corrected chi connectivity index (χ3v) is 6.14. The molecule has 9 heteroatoms. The summed E-state index contributed by atoms with van der Waals surface area (Å²) in [4.78, 5) is 10.6. The highest BCUT2D eigenvalue weighted by Gasteiger charge is 2.32. The fraction of sp³-hybridized carbons (Fsp3) is 0.375. The van der Waals surface area contributed by atoms with Gasteiger partial charge in [0.1, 0.15) is 11.6 Å². The second-order valence-corrected chi connectivity index (χ2v) is 8.47. The largest absolute Gasteiger partial charge is 0.353 e. The van der Waals surface area contributed by atoms with Gasteiger partial charge >= 0.3 is 0 Å². The molecule has 1 aliphatic heterocycles. The fourth-order valence-corrected chi connectivity index (χ4v) is 4.81. The van der Waals surface area contributed by atoms with E-state index < -0.39 is 15.7 Å². The Hall–Kier alpha value is -1.93. The van der Waals surface area contributed by atoms with Crippen molar-refractivity contribution in [1.29, 1.82) is 0 Å². The first-order chi connectivity index (χ1) is 11.9. The lowest BCUT2D eigenvalue weighted by atomic mass is 10.2. The van der Waals surface area contributed by atoms with E-state index in [0.717, 1.165) is 0 Å². The van der Waals surface area contributed by atoms with E-state index in [1.807, 2.05) is 11.8 Å². The molecule has 0 amide bonds. The summed E-state index contributed by atoms with van der Waals surface area (Å²) in [5.74, 6) is 0.829. The molecule has 0 aliphatic carbocycles. The van der Waals surface area contributed by atoms with Crippen molar-refractivity contribution in [2.45, 2.75) is 19.4 Å². The standard InChI is InChI=1S/C16H18ClFN4O2S/c1-2-22(12-6-8-25(23,24)10-12)15-5-7-19-16(21-15)20-11-3-4-14(18)13(17)9-11/h3-5,7,9,12H,2,6,8,10H2,1H3,(H,19,20,21). The zero-order valence-electron chi connectivity index (χ0n) is 13.6. The van der Waals surface area contributed by atoms with Crippen molar-refractivity contribution in [2.24, 2.45) is 0 Å². The van der Waals surface area contributed by atoms with Crippen molar-refractivity contribution >= 4 is 38.9 Å². The number of sulfone groups is 1. The van der Waals surface area contributed by atoms with Gasteiger partial charge in [0.25, 0.3) is 0 Å². The van der Waals surface area contributed by atoms with E-state index in [-0.39, 0.29) is 22.6 Å². The van der Waals surface area contributed by atoms with Crippen LogP contribution < -0.4 is 10.2 Å². The summed E-state index contributed by atoms with van der Waals surface area (Å²) < 4.78 is 36.7. The van der Waals surface area contributed by atoms with Crippen molar-refractivity contribution in [2.75, 3.05) is 28.3 Å². The summed E-state index contributed by atoms with van der Waals surface area (Å²) >= 11 is 5.78. The van der Waals surface area contributed by atoms with E-state index in [1.165, 1.54) is 12.1 Å². The Morgan fingerprint density at radius 2 is 2.20 bits per heavy atom. The van der Waals surface area contributed by atoms with Crippen molar-refractivity contribution in [3.63, 3.8) is 0 Å². The first kappa shape index (κ1) is 17.9. The summed E-state index contributed by atoms with van der Waals surface area (Å²) in [5, 5.41) is 2.99. The number of aromatic nitrogens is 2. The monoisotopic (exact) mass is 384 g/mol. The van der Waals surface area contributed by atoms with Crippen molar-refractivity contribution in [1.82, 2.24) is 9.97 Å². The Kier molecular flexibility index (Phi) is 5.10. The van der Waals surface area contributed by atoms with Crippen LogP contribution in [0.5, 0.6) is 0 Å². The highest BCUT2D eigenvalue weighted by Crippen LogP contribution is 2.25. The van der Waals surface area contributed by atoms with Crippen LogP contribution >= 0.6 is 11.6 Å². The van der Waals surface area contributed by atoms with Gasteiger partial charge < -0.3 is 10.2 Å². The van der Waals surface area contributed by atoms with Crippen molar-refractivity contribution < 1.29 is 12.8 Å². The predicted molar refractivity (Wildman–Crippen MR) is 96.8 cm³/mol. The van der Waals surface area contributed by atoms with Crippen LogP contribution in [0, 0.1) is 5.82 Å². The highest BCUT2D eigenvalue weighted by atomic mass is 35.5. The van der Waals surface area contributed by atoms with E-state index in [2.05, 4.69) is 15.3 Å². The van der Waals surface area contributed by atoms with E-state index >= 15 is 0 Å². The highest BCUT2D eigenvalue weighted by molar-refractivity contribution is 7.91. The molecule has 1 aromatic heterocycles. The van der Waals surface area contributed by atoms with Crippen LogP contribution in [0.15, 0.2) is 30.5 Å². The van der Waals surface area contributed by atoms with Crippen LogP contribution in [0.3, 0.4) is 0 Å². The third-order valence-electron chi connectivity index (χ3n) is 4.10. The van der Waals surface area contributed by atoms with Crippen molar-refractivity contribution in [3.05, 3.63) is 41.3 Å². The summed E-state index contributed by atoms with van der Waals surface area (Å²) in [6.45, 7) is 2.60. The summed E-state index contributed by atoms with van der Waals surface area (Å²) in [6, 6.07) is 5.91. The first-order valence-electron chi connectivity index (χ1n) is 7.90. The fourth-order valence-electron chi connectivity index (χ4n) is 2.90. The Morgan fingerprint density at radius 1 is 1.40 bits per heavy atom. The van der Waals surface area contributed by atoms with Gasteiger partial charge in [0.2, 0.25) is 5.95 Å². The number of benzene rings is 1. The quantitative estimate of drug-likeness (QED) is 0.854. The molecule has 1 aliphatic rings.